The number of rotatable bonds is 6. The van der Waals surface area contributed by atoms with E-state index in [1.54, 1.807) is 6.21 Å². The van der Waals surface area contributed by atoms with Gasteiger partial charge in [0.2, 0.25) is 5.91 Å². The Labute approximate surface area is 160 Å². The van der Waals surface area contributed by atoms with Crippen LogP contribution >= 0.6 is 11.8 Å². The number of carbonyl (C=O) groups is 2. The molecule has 2 aromatic rings. The number of amides is 1. The normalized spacial score (nSPS) is 18.6. The van der Waals surface area contributed by atoms with Gasteiger partial charge in [-0.25, -0.2) is 0 Å². The van der Waals surface area contributed by atoms with Crippen LogP contribution in [0.1, 0.15) is 25.8 Å². The van der Waals surface area contributed by atoms with Crippen LogP contribution in [0.3, 0.4) is 0 Å². The van der Waals surface area contributed by atoms with E-state index in [4.69, 9.17) is 9.84 Å². The van der Waals surface area contributed by atoms with Gasteiger partial charge in [-0.2, -0.15) is 5.10 Å². The van der Waals surface area contributed by atoms with Crippen LogP contribution in [0.15, 0.2) is 46.6 Å². The Bertz CT molecular complexity index is 940. The molecule has 2 aromatic carbocycles. The molecule has 0 aliphatic carbocycles. The maximum Gasteiger partial charge on any atom is 0.305 e. The van der Waals surface area contributed by atoms with Crippen LogP contribution in [0.5, 0.6) is 5.75 Å². The molecule has 0 spiro atoms. The molecular formula is C19H19N3O4S. The summed E-state index contributed by atoms with van der Waals surface area (Å²) in [6, 6.07) is 11.8. The molecule has 1 atom stereocenters. The number of aliphatic carboxylic acids is 1. The van der Waals surface area contributed by atoms with Gasteiger partial charge in [-0.15, -0.1) is 5.10 Å². The van der Waals surface area contributed by atoms with Crippen molar-refractivity contribution in [1.82, 2.24) is 5.32 Å². The lowest BCUT2D eigenvalue weighted by molar-refractivity contribution is -0.138. The van der Waals surface area contributed by atoms with Crippen molar-refractivity contribution in [3.05, 3.63) is 42.0 Å². The van der Waals surface area contributed by atoms with Crippen LogP contribution in [-0.4, -0.2) is 39.7 Å². The number of fused-ring (bicyclic) bond motifs is 1. The van der Waals surface area contributed by atoms with Crippen molar-refractivity contribution in [1.29, 1.82) is 0 Å². The van der Waals surface area contributed by atoms with Gasteiger partial charge in [-0.1, -0.05) is 42.1 Å². The lowest BCUT2D eigenvalue weighted by atomic mass is 10.0. The van der Waals surface area contributed by atoms with Crippen LogP contribution in [0, 0.1) is 0 Å². The Kier molecular flexibility index (Phi) is 5.75. The third kappa shape index (κ3) is 4.65. The van der Waals surface area contributed by atoms with E-state index in [1.807, 2.05) is 50.2 Å². The Balaban J connectivity index is 1.87. The number of benzene rings is 2. The number of carboxylic acid groups (broad SMARTS) is 1. The highest BCUT2D eigenvalue weighted by Crippen LogP contribution is 2.28. The van der Waals surface area contributed by atoms with Crippen molar-refractivity contribution in [3.8, 4) is 5.75 Å². The van der Waals surface area contributed by atoms with E-state index in [1.165, 1.54) is 0 Å². The third-order valence-electron chi connectivity index (χ3n) is 3.77. The predicted octanol–water partition coefficient (Wildman–Crippen LogP) is 3.02. The Morgan fingerprint density at radius 2 is 2.11 bits per heavy atom. The number of hydrogen-bond acceptors (Lipinski definition) is 6. The molecule has 0 bridgehead atoms. The smallest absolute Gasteiger partial charge is 0.305 e. The molecule has 7 nitrogen and oxygen atoms in total. The Hall–Kier alpha value is -2.87. The maximum absolute atomic E-state index is 11.8. The highest BCUT2D eigenvalue weighted by Gasteiger charge is 2.32. The fourth-order valence-electron chi connectivity index (χ4n) is 2.65. The molecular weight excluding hydrogens is 366 g/mol. The van der Waals surface area contributed by atoms with Crippen LogP contribution in [-0.2, 0) is 9.59 Å². The summed E-state index contributed by atoms with van der Waals surface area (Å²) < 4.78 is 5.87. The highest BCUT2D eigenvalue weighted by atomic mass is 32.2. The second kappa shape index (κ2) is 8.22. The summed E-state index contributed by atoms with van der Waals surface area (Å²) in [7, 11) is 0. The lowest BCUT2D eigenvalue weighted by Crippen LogP contribution is -2.26. The zero-order valence-electron chi connectivity index (χ0n) is 14.9. The number of carbonyl (C=O) groups excluding carboxylic acids is 1. The van der Waals surface area contributed by atoms with Gasteiger partial charge in [-0.3, -0.25) is 9.59 Å². The van der Waals surface area contributed by atoms with Gasteiger partial charge in [0.1, 0.15) is 11.0 Å². The van der Waals surface area contributed by atoms with Crippen LogP contribution in [0.4, 0.5) is 0 Å². The van der Waals surface area contributed by atoms with E-state index in [9.17, 15) is 9.59 Å². The van der Waals surface area contributed by atoms with E-state index in [-0.39, 0.29) is 23.6 Å². The maximum atomic E-state index is 11.8. The number of carboxylic acids is 1. The standard InChI is InChI=1S/C19H19N3O4S/c1-11(2)26-15-8-7-12-5-3-4-6-13(12)14(15)10-20-22-19-21-18(25)16(27-19)9-17(23)24/h3-8,10-11,16H,9H2,1-2H3,(H,23,24)(H,21,22,25). The lowest BCUT2D eigenvalue weighted by Gasteiger charge is -2.14. The molecule has 1 amide bonds. The fraction of sp³-hybridized carbons (Fsp3) is 0.263. The summed E-state index contributed by atoms with van der Waals surface area (Å²) in [4.78, 5) is 22.5. The van der Waals surface area contributed by atoms with Crippen LogP contribution in [0.25, 0.3) is 10.8 Å². The number of nitrogens with zero attached hydrogens (tertiary/aromatic N) is 2. The molecule has 27 heavy (non-hydrogen) atoms. The molecule has 0 radical (unpaired) electrons. The topological polar surface area (TPSA) is 100 Å². The number of nitrogens with one attached hydrogen (secondary N) is 1. The molecule has 8 heteroatoms. The predicted molar refractivity (Wildman–Crippen MR) is 107 cm³/mol. The molecule has 1 aliphatic heterocycles. The van der Waals surface area contributed by atoms with Crippen molar-refractivity contribution in [2.45, 2.75) is 31.6 Å². The van der Waals surface area contributed by atoms with Crippen molar-refractivity contribution in [2.24, 2.45) is 10.2 Å². The van der Waals surface area contributed by atoms with E-state index < -0.39 is 11.2 Å². The minimum absolute atomic E-state index is 0.00563. The summed E-state index contributed by atoms with van der Waals surface area (Å²) in [5.74, 6) is -0.705. The summed E-state index contributed by atoms with van der Waals surface area (Å²) in [5.41, 5.74) is 0.794. The number of ether oxygens (including phenoxy) is 1. The summed E-state index contributed by atoms with van der Waals surface area (Å²) >= 11 is 1.06. The molecule has 3 rings (SSSR count). The third-order valence-corrected chi connectivity index (χ3v) is 4.84. The Morgan fingerprint density at radius 3 is 2.85 bits per heavy atom. The van der Waals surface area contributed by atoms with Gasteiger partial charge in [-0.05, 0) is 30.7 Å². The van der Waals surface area contributed by atoms with Crippen molar-refractivity contribution in [2.75, 3.05) is 0 Å². The molecule has 1 fully saturated rings. The van der Waals surface area contributed by atoms with E-state index in [0.717, 1.165) is 28.1 Å². The van der Waals surface area contributed by atoms with Gasteiger partial charge in [0.25, 0.3) is 0 Å². The molecule has 0 saturated carbocycles. The van der Waals surface area contributed by atoms with Gasteiger partial charge >= 0.3 is 5.97 Å². The van der Waals surface area contributed by atoms with Gasteiger partial charge < -0.3 is 15.2 Å². The zero-order valence-corrected chi connectivity index (χ0v) is 15.7. The van der Waals surface area contributed by atoms with Gasteiger partial charge in [0.05, 0.1) is 18.7 Å². The molecule has 140 valence electrons. The average Bonchev–Trinajstić information content (AvgIpc) is 2.95. The summed E-state index contributed by atoms with van der Waals surface area (Å²) in [6.45, 7) is 3.90. The monoisotopic (exact) mass is 385 g/mol. The van der Waals surface area contributed by atoms with Crippen LogP contribution < -0.4 is 10.1 Å². The largest absolute Gasteiger partial charge is 0.490 e. The van der Waals surface area contributed by atoms with Gasteiger partial charge in [0, 0.05) is 5.56 Å². The summed E-state index contributed by atoms with van der Waals surface area (Å²) in [6.07, 6.45) is 1.34. The first-order valence-electron chi connectivity index (χ1n) is 8.43. The molecule has 1 aliphatic rings. The minimum atomic E-state index is -1.03. The molecule has 1 heterocycles. The first-order chi connectivity index (χ1) is 12.9. The SMILES string of the molecule is CC(C)Oc1ccc2ccccc2c1C=NN=C1NC(=O)C(CC(=O)O)S1. The van der Waals surface area contributed by atoms with Gasteiger partial charge in [0.15, 0.2) is 5.17 Å². The second-order valence-corrected chi connectivity index (χ2v) is 7.40. The zero-order chi connectivity index (χ0) is 19.4. The molecule has 0 aromatic heterocycles. The number of thioether (sulfide) groups is 1. The molecule has 1 saturated heterocycles. The minimum Gasteiger partial charge on any atom is -0.490 e. The average molecular weight is 385 g/mol. The highest BCUT2D eigenvalue weighted by molar-refractivity contribution is 8.15. The number of amidine groups is 1. The fourth-order valence-corrected chi connectivity index (χ4v) is 3.56. The van der Waals surface area contributed by atoms with E-state index in [2.05, 4.69) is 15.5 Å². The van der Waals surface area contributed by atoms with Crippen LogP contribution in [0.2, 0.25) is 0 Å². The van der Waals surface area contributed by atoms with E-state index in [0.29, 0.717) is 5.75 Å². The summed E-state index contributed by atoms with van der Waals surface area (Å²) in [5, 5.41) is 21.1. The number of hydrogen-bond donors (Lipinski definition) is 2. The van der Waals surface area contributed by atoms with Crippen molar-refractivity contribution < 1.29 is 19.4 Å². The van der Waals surface area contributed by atoms with Crippen molar-refractivity contribution >= 4 is 45.8 Å². The quantitative estimate of drug-likeness (QED) is 0.588. The first kappa shape index (κ1) is 18.9. The Morgan fingerprint density at radius 1 is 1.33 bits per heavy atom. The first-order valence-corrected chi connectivity index (χ1v) is 9.30. The molecule has 1 unspecified atom stereocenters. The van der Waals surface area contributed by atoms with E-state index >= 15 is 0 Å². The molecule has 2 N–H and O–H groups in total. The van der Waals surface area contributed by atoms with Crippen molar-refractivity contribution in [3.63, 3.8) is 0 Å². The second-order valence-electron chi connectivity index (χ2n) is 6.21.